The van der Waals surface area contributed by atoms with Crippen LogP contribution in [0.1, 0.15) is 28.8 Å². The molecule has 2 aromatic rings. The van der Waals surface area contributed by atoms with Crippen LogP contribution in [0.2, 0.25) is 0 Å². The molecule has 1 amide bonds. The molecular weight excluding hydrogens is 389 g/mol. The van der Waals surface area contributed by atoms with Crippen LogP contribution in [0.25, 0.3) is 0 Å². The van der Waals surface area contributed by atoms with Crippen molar-refractivity contribution in [2.45, 2.75) is 31.8 Å². The van der Waals surface area contributed by atoms with Gasteiger partial charge in [0.2, 0.25) is 5.88 Å². The van der Waals surface area contributed by atoms with Crippen LogP contribution in [0.5, 0.6) is 11.6 Å². The Morgan fingerprint density at radius 1 is 1.21 bits per heavy atom. The van der Waals surface area contributed by atoms with Crippen LogP contribution in [0, 0.1) is 5.82 Å². The Kier molecular flexibility index (Phi) is 5.12. The van der Waals surface area contributed by atoms with Gasteiger partial charge in [-0.2, -0.15) is 0 Å². The first-order valence-electron chi connectivity index (χ1n) is 9.13. The Balaban J connectivity index is 1.44. The van der Waals surface area contributed by atoms with Gasteiger partial charge in [0.1, 0.15) is 11.6 Å². The third-order valence-corrected chi connectivity index (χ3v) is 4.90. The van der Waals surface area contributed by atoms with Gasteiger partial charge in [-0.1, -0.05) is 0 Å². The SMILES string of the molecule is O=C1CCc2c(F)cc(N3CCC(Oc4ccc(OCC(F)F)nc4)C3=O)cc21. The van der Waals surface area contributed by atoms with E-state index in [0.29, 0.717) is 36.2 Å². The number of benzene rings is 1. The summed E-state index contributed by atoms with van der Waals surface area (Å²) in [6, 6.07) is 5.67. The number of carbonyl (C=O) groups is 2. The normalized spacial score (nSPS) is 18.5. The van der Waals surface area contributed by atoms with Crippen molar-refractivity contribution in [3.05, 3.63) is 47.4 Å². The zero-order valence-corrected chi connectivity index (χ0v) is 15.2. The van der Waals surface area contributed by atoms with Gasteiger partial charge in [0, 0.05) is 36.7 Å². The number of hydrogen-bond donors (Lipinski definition) is 0. The molecule has 2 aliphatic rings. The molecule has 1 unspecified atom stereocenters. The zero-order valence-electron chi connectivity index (χ0n) is 15.2. The number of halogens is 3. The van der Waals surface area contributed by atoms with E-state index in [1.54, 1.807) is 6.07 Å². The zero-order chi connectivity index (χ0) is 20.5. The second-order valence-corrected chi connectivity index (χ2v) is 6.80. The van der Waals surface area contributed by atoms with Gasteiger partial charge < -0.3 is 14.4 Å². The van der Waals surface area contributed by atoms with Crippen LogP contribution in [-0.2, 0) is 11.2 Å². The quantitative estimate of drug-likeness (QED) is 0.737. The number of amides is 1. The molecule has 152 valence electrons. The van der Waals surface area contributed by atoms with Crippen molar-refractivity contribution in [1.82, 2.24) is 4.98 Å². The van der Waals surface area contributed by atoms with Crippen LogP contribution >= 0.6 is 0 Å². The van der Waals surface area contributed by atoms with Gasteiger partial charge in [-0.25, -0.2) is 18.2 Å². The van der Waals surface area contributed by atoms with Crippen molar-refractivity contribution in [3.63, 3.8) is 0 Å². The molecule has 1 aromatic carbocycles. The number of pyridine rings is 1. The summed E-state index contributed by atoms with van der Waals surface area (Å²) in [5.41, 5.74) is 1.07. The summed E-state index contributed by atoms with van der Waals surface area (Å²) in [6.45, 7) is -0.442. The van der Waals surface area contributed by atoms with Crippen LogP contribution in [0.15, 0.2) is 30.5 Å². The molecule has 1 aliphatic heterocycles. The maximum Gasteiger partial charge on any atom is 0.272 e. The summed E-state index contributed by atoms with van der Waals surface area (Å²) in [4.78, 5) is 29.9. The summed E-state index contributed by atoms with van der Waals surface area (Å²) in [6.07, 6.45) is -1.09. The van der Waals surface area contributed by atoms with Gasteiger partial charge in [-0.15, -0.1) is 0 Å². The van der Waals surface area contributed by atoms with Crippen LogP contribution in [-0.4, -0.2) is 42.4 Å². The second-order valence-electron chi connectivity index (χ2n) is 6.80. The second kappa shape index (κ2) is 7.73. The molecule has 0 N–H and O–H groups in total. The lowest BCUT2D eigenvalue weighted by molar-refractivity contribution is -0.122. The van der Waals surface area contributed by atoms with E-state index < -0.39 is 25.0 Å². The van der Waals surface area contributed by atoms with E-state index in [4.69, 9.17) is 9.47 Å². The molecule has 0 spiro atoms. The minimum atomic E-state index is -2.60. The average Bonchev–Trinajstić information content (AvgIpc) is 3.25. The molecule has 1 aliphatic carbocycles. The predicted octanol–water partition coefficient (Wildman–Crippen LogP) is 3.18. The Bertz CT molecular complexity index is 949. The third-order valence-electron chi connectivity index (χ3n) is 4.90. The fourth-order valence-electron chi connectivity index (χ4n) is 3.51. The Morgan fingerprint density at radius 2 is 2.03 bits per heavy atom. The summed E-state index contributed by atoms with van der Waals surface area (Å²) in [5.74, 6) is -0.655. The molecule has 1 aromatic heterocycles. The predicted molar refractivity (Wildman–Crippen MR) is 96.2 cm³/mol. The smallest absolute Gasteiger partial charge is 0.272 e. The third kappa shape index (κ3) is 3.90. The fourth-order valence-corrected chi connectivity index (χ4v) is 3.51. The van der Waals surface area contributed by atoms with Crippen LogP contribution in [0.4, 0.5) is 18.9 Å². The molecule has 2 heterocycles. The minimum Gasteiger partial charge on any atom is -0.479 e. The highest BCUT2D eigenvalue weighted by Crippen LogP contribution is 2.32. The van der Waals surface area contributed by atoms with E-state index in [1.807, 2.05) is 0 Å². The molecule has 9 heteroatoms. The molecule has 0 bridgehead atoms. The van der Waals surface area contributed by atoms with Gasteiger partial charge in [0.05, 0.1) is 6.20 Å². The number of nitrogens with zero attached hydrogens (tertiary/aromatic N) is 2. The molecule has 0 radical (unpaired) electrons. The highest BCUT2D eigenvalue weighted by Gasteiger charge is 2.36. The van der Waals surface area contributed by atoms with Crippen molar-refractivity contribution in [3.8, 4) is 11.6 Å². The molecule has 29 heavy (non-hydrogen) atoms. The number of rotatable bonds is 6. The minimum absolute atomic E-state index is 0.0234. The van der Waals surface area contributed by atoms with Crippen molar-refractivity contribution < 1.29 is 32.2 Å². The number of ketones is 1. The summed E-state index contributed by atoms with van der Waals surface area (Å²) in [7, 11) is 0. The number of Topliss-reactive ketones (excluding diaryl/α,β-unsaturated/α-hetero) is 1. The number of carbonyl (C=O) groups excluding carboxylic acids is 2. The maximum atomic E-state index is 14.3. The molecule has 6 nitrogen and oxygen atoms in total. The summed E-state index contributed by atoms with van der Waals surface area (Å²) >= 11 is 0. The highest BCUT2D eigenvalue weighted by molar-refractivity contribution is 6.04. The van der Waals surface area contributed by atoms with E-state index in [-0.39, 0.29) is 29.7 Å². The number of anilines is 1. The molecule has 4 rings (SSSR count). The fraction of sp³-hybridized carbons (Fsp3) is 0.350. The lowest BCUT2D eigenvalue weighted by Gasteiger charge is -2.18. The van der Waals surface area contributed by atoms with Crippen LogP contribution in [0.3, 0.4) is 0 Å². The summed E-state index contributed by atoms with van der Waals surface area (Å²) < 4.78 is 49.0. The lowest BCUT2D eigenvalue weighted by Crippen LogP contribution is -2.32. The van der Waals surface area contributed by atoms with Crippen molar-refractivity contribution in [2.24, 2.45) is 0 Å². The molecular formula is C20H17F3N2O4. The van der Waals surface area contributed by atoms with Gasteiger partial charge in [0.15, 0.2) is 18.5 Å². The molecule has 1 atom stereocenters. The lowest BCUT2D eigenvalue weighted by atomic mass is 10.1. The van der Waals surface area contributed by atoms with E-state index in [1.165, 1.54) is 29.3 Å². The van der Waals surface area contributed by atoms with Crippen molar-refractivity contribution >= 4 is 17.4 Å². The Labute approximate surface area is 164 Å². The van der Waals surface area contributed by atoms with Gasteiger partial charge in [-0.05, 0) is 30.2 Å². The Hall–Kier alpha value is -3.10. The first kappa shape index (κ1) is 19.2. The first-order chi connectivity index (χ1) is 13.9. The first-order valence-corrected chi connectivity index (χ1v) is 9.13. The largest absolute Gasteiger partial charge is 0.479 e. The summed E-state index contributed by atoms with van der Waals surface area (Å²) in [5, 5.41) is 0. The maximum absolute atomic E-state index is 14.3. The van der Waals surface area contributed by atoms with Gasteiger partial charge in [0.25, 0.3) is 12.3 Å². The number of aromatic nitrogens is 1. The number of alkyl halides is 2. The Morgan fingerprint density at radius 3 is 2.76 bits per heavy atom. The highest BCUT2D eigenvalue weighted by atomic mass is 19.3. The molecule has 1 fully saturated rings. The van der Waals surface area contributed by atoms with Crippen molar-refractivity contribution in [2.75, 3.05) is 18.1 Å². The topological polar surface area (TPSA) is 68.7 Å². The van der Waals surface area contributed by atoms with Crippen LogP contribution < -0.4 is 14.4 Å². The monoisotopic (exact) mass is 406 g/mol. The van der Waals surface area contributed by atoms with E-state index >= 15 is 0 Å². The van der Waals surface area contributed by atoms with E-state index in [9.17, 15) is 22.8 Å². The van der Waals surface area contributed by atoms with Crippen molar-refractivity contribution in [1.29, 1.82) is 0 Å². The average molecular weight is 406 g/mol. The van der Waals surface area contributed by atoms with Gasteiger partial charge >= 0.3 is 0 Å². The number of hydrogen-bond acceptors (Lipinski definition) is 5. The van der Waals surface area contributed by atoms with E-state index in [0.717, 1.165) is 0 Å². The standard InChI is InChI=1S/C20H17F3N2O4/c21-15-8-11(7-14-13(15)2-3-16(14)26)25-6-5-17(20(25)27)29-12-1-4-19(24-9-12)28-10-18(22)23/h1,4,7-9,17-18H,2-3,5-6,10H2. The molecule has 0 saturated carbocycles. The van der Waals surface area contributed by atoms with E-state index in [2.05, 4.69) is 4.98 Å². The molecule has 1 saturated heterocycles. The van der Waals surface area contributed by atoms with Gasteiger partial charge in [-0.3, -0.25) is 9.59 Å². The number of fused-ring (bicyclic) bond motifs is 1. The number of ether oxygens (including phenoxy) is 2.